The molecule has 0 spiro atoms. The minimum atomic E-state index is -3.93. The van der Waals surface area contributed by atoms with E-state index in [4.69, 9.17) is 16.3 Å². The van der Waals surface area contributed by atoms with Crippen LogP contribution in [0.15, 0.2) is 65.6 Å². The second-order valence-corrected chi connectivity index (χ2v) is 9.76. The van der Waals surface area contributed by atoms with Gasteiger partial charge in [0.05, 0.1) is 34.0 Å². The van der Waals surface area contributed by atoms with Crippen LogP contribution in [0.2, 0.25) is 5.02 Å². The number of benzene rings is 3. The third-order valence-electron chi connectivity index (χ3n) is 4.29. The summed E-state index contributed by atoms with van der Waals surface area (Å²) < 4.78 is 33.4. The Bertz CT molecular complexity index is 1300. The van der Waals surface area contributed by atoms with E-state index in [0.29, 0.717) is 9.32 Å². The lowest BCUT2D eigenvalue weighted by molar-refractivity contribution is 0.0698. The molecule has 8 nitrogen and oxygen atoms in total. The molecule has 11 heteroatoms. The van der Waals surface area contributed by atoms with Crippen molar-refractivity contribution < 1.29 is 27.9 Å². The van der Waals surface area contributed by atoms with Crippen LogP contribution in [0.5, 0.6) is 5.75 Å². The average molecular weight is 587 g/mol. The summed E-state index contributed by atoms with van der Waals surface area (Å²) >= 11 is 8.00. The monoisotopic (exact) mass is 586 g/mol. The van der Waals surface area contributed by atoms with Crippen LogP contribution < -0.4 is 14.8 Å². The Balaban J connectivity index is 1.77. The number of carboxylic acid groups (broad SMARTS) is 1. The van der Waals surface area contributed by atoms with Gasteiger partial charge in [-0.2, -0.15) is 0 Å². The zero-order valence-electron chi connectivity index (χ0n) is 16.4. The van der Waals surface area contributed by atoms with Gasteiger partial charge in [-0.05, 0) is 83.3 Å². The van der Waals surface area contributed by atoms with Crippen molar-refractivity contribution in [3.63, 3.8) is 0 Å². The van der Waals surface area contributed by atoms with Crippen molar-refractivity contribution in [3.8, 4) is 5.75 Å². The highest BCUT2D eigenvalue weighted by atomic mass is 127. The molecule has 0 saturated carbocycles. The fourth-order valence-corrected chi connectivity index (χ4v) is 4.52. The first-order valence-corrected chi connectivity index (χ1v) is 11.9. The Hall–Kier alpha value is -2.83. The lowest BCUT2D eigenvalue weighted by atomic mass is 10.1. The molecule has 0 saturated heterocycles. The summed E-state index contributed by atoms with van der Waals surface area (Å²) in [6.45, 7) is 0. The fourth-order valence-electron chi connectivity index (χ4n) is 2.73. The molecule has 3 aromatic rings. The number of ether oxygens (including phenoxy) is 1. The van der Waals surface area contributed by atoms with Crippen molar-refractivity contribution in [1.29, 1.82) is 0 Å². The molecule has 0 aliphatic rings. The Kier molecular flexibility index (Phi) is 7.26. The Morgan fingerprint density at radius 2 is 1.72 bits per heavy atom. The van der Waals surface area contributed by atoms with Gasteiger partial charge in [0.2, 0.25) is 0 Å². The highest BCUT2D eigenvalue weighted by molar-refractivity contribution is 14.1. The Morgan fingerprint density at radius 3 is 2.31 bits per heavy atom. The number of amides is 1. The second kappa shape index (κ2) is 9.76. The Labute approximate surface area is 202 Å². The highest BCUT2D eigenvalue weighted by Gasteiger charge is 2.18. The molecule has 3 N–H and O–H groups in total. The molecule has 0 unspecified atom stereocenters. The smallest absolute Gasteiger partial charge is 0.337 e. The first-order chi connectivity index (χ1) is 15.1. The van der Waals surface area contributed by atoms with Crippen LogP contribution >= 0.6 is 34.2 Å². The highest BCUT2D eigenvalue weighted by Crippen LogP contribution is 2.28. The van der Waals surface area contributed by atoms with Gasteiger partial charge in [0.1, 0.15) is 5.75 Å². The van der Waals surface area contributed by atoms with Gasteiger partial charge in [-0.15, -0.1) is 0 Å². The van der Waals surface area contributed by atoms with Crippen molar-refractivity contribution in [2.45, 2.75) is 4.90 Å². The maximum Gasteiger partial charge on any atom is 0.337 e. The standard InChI is InChI=1S/C21H16ClIN2O6S/c1-31-19-9-5-14(11-17(19)22)25-32(29,30)15-6-2-12(3-7-15)20(26)24-18-8-4-13(23)10-16(18)21(27)28/h2-11,25H,1H3,(H,24,26)(H,27,28). The molecule has 166 valence electrons. The minimum absolute atomic E-state index is 0.0493. The molecule has 3 rings (SSSR count). The normalized spacial score (nSPS) is 11.0. The average Bonchev–Trinajstić information content (AvgIpc) is 2.74. The summed E-state index contributed by atoms with van der Waals surface area (Å²) in [5.74, 6) is -1.35. The predicted octanol–water partition coefficient (Wildman–Crippen LogP) is 4.70. The number of carbonyl (C=O) groups excluding carboxylic acids is 1. The first-order valence-electron chi connectivity index (χ1n) is 8.91. The number of methoxy groups -OCH3 is 1. The molecule has 0 atom stereocenters. The van der Waals surface area contributed by atoms with E-state index in [1.54, 1.807) is 6.07 Å². The van der Waals surface area contributed by atoms with Crippen molar-refractivity contribution in [3.05, 3.63) is 80.4 Å². The summed E-state index contributed by atoms with van der Waals surface area (Å²) in [5, 5.41) is 12.1. The van der Waals surface area contributed by atoms with Crippen LogP contribution in [0, 0.1) is 3.57 Å². The van der Waals surface area contributed by atoms with E-state index in [1.165, 1.54) is 61.7 Å². The summed E-state index contributed by atoms with van der Waals surface area (Å²) in [6.07, 6.45) is 0. The molecular weight excluding hydrogens is 571 g/mol. The van der Waals surface area contributed by atoms with Gasteiger partial charge in [0.25, 0.3) is 15.9 Å². The molecule has 3 aromatic carbocycles. The lowest BCUT2D eigenvalue weighted by Crippen LogP contribution is -2.16. The number of carboxylic acids is 1. The van der Waals surface area contributed by atoms with Gasteiger partial charge in [-0.25, -0.2) is 13.2 Å². The predicted molar refractivity (Wildman–Crippen MR) is 129 cm³/mol. The third-order valence-corrected chi connectivity index (χ3v) is 6.65. The van der Waals surface area contributed by atoms with E-state index in [0.717, 1.165) is 0 Å². The molecule has 0 bridgehead atoms. The number of anilines is 2. The third kappa shape index (κ3) is 5.50. The molecule has 0 aliphatic carbocycles. The van der Waals surface area contributed by atoms with E-state index in [1.807, 2.05) is 22.6 Å². The van der Waals surface area contributed by atoms with Crippen molar-refractivity contribution in [2.75, 3.05) is 17.1 Å². The summed E-state index contributed by atoms with van der Waals surface area (Å²) in [6, 6.07) is 14.3. The first kappa shape index (κ1) is 23.8. The maximum absolute atomic E-state index is 12.6. The van der Waals surface area contributed by atoms with Crippen LogP contribution in [0.1, 0.15) is 20.7 Å². The van der Waals surface area contributed by atoms with Crippen LogP contribution in [-0.2, 0) is 10.0 Å². The quantitative estimate of drug-likeness (QED) is 0.345. The number of hydrogen-bond donors (Lipinski definition) is 3. The number of nitrogens with one attached hydrogen (secondary N) is 2. The van der Waals surface area contributed by atoms with E-state index < -0.39 is 21.9 Å². The van der Waals surface area contributed by atoms with Gasteiger partial charge in [-0.3, -0.25) is 9.52 Å². The number of hydrogen-bond acceptors (Lipinski definition) is 5. The fraction of sp³-hybridized carbons (Fsp3) is 0.0476. The molecule has 0 radical (unpaired) electrons. The summed E-state index contributed by atoms with van der Waals surface area (Å²) in [5.41, 5.74) is 0.494. The maximum atomic E-state index is 12.6. The van der Waals surface area contributed by atoms with Crippen molar-refractivity contribution in [1.82, 2.24) is 0 Å². The van der Waals surface area contributed by atoms with Gasteiger partial charge in [-0.1, -0.05) is 11.6 Å². The largest absolute Gasteiger partial charge is 0.495 e. The van der Waals surface area contributed by atoms with Crippen molar-refractivity contribution in [2.24, 2.45) is 0 Å². The number of aromatic carboxylic acids is 1. The lowest BCUT2D eigenvalue weighted by Gasteiger charge is -2.11. The van der Waals surface area contributed by atoms with E-state index in [9.17, 15) is 23.1 Å². The van der Waals surface area contributed by atoms with Crippen LogP contribution in [0.3, 0.4) is 0 Å². The molecule has 0 aliphatic heterocycles. The summed E-state index contributed by atoms with van der Waals surface area (Å²) in [7, 11) is -2.49. The molecule has 0 heterocycles. The van der Waals surface area contributed by atoms with E-state index >= 15 is 0 Å². The second-order valence-electron chi connectivity index (χ2n) is 6.43. The number of rotatable bonds is 7. The Morgan fingerprint density at radius 1 is 1.03 bits per heavy atom. The van der Waals surface area contributed by atoms with Crippen LogP contribution in [-0.4, -0.2) is 32.5 Å². The number of halogens is 2. The molecule has 0 fully saturated rings. The van der Waals surface area contributed by atoms with Crippen LogP contribution in [0.25, 0.3) is 0 Å². The number of carbonyl (C=O) groups is 2. The zero-order chi connectivity index (χ0) is 23.5. The minimum Gasteiger partial charge on any atom is -0.495 e. The van der Waals surface area contributed by atoms with Crippen molar-refractivity contribution >= 4 is 67.5 Å². The topological polar surface area (TPSA) is 122 Å². The zero-order valence-corrected chi connectivity index (χ0v) is 20.2. The van der Waals surface area contributed by atoms with E-state index in [2.05, 4.69) is 10.0 Å². The molecule has 32 heavy (non-hydrogen) atoms. The van der Waals surface area contributed by atoms with E-state index in [-0.39, 0.29) is 32.4 Å². The van der Waals surface area contributed by atoms with Gasteiger partial charge in [0.15, 0.2) is 0 Å². The van der Waals surface area contributed by atoms with Gasteiger partial charge < -0.3 is 15.2 Å². The SMILES string of the molecule is COc1ccc(NS(=O)(=O)c2ccc(C(=O)Nc3ccc(I)cc3C(=O)O)cc2)cc1Cl. The van der Waals surface area contributed by atoms with Gasteiger partial charge in [0, 0.05) is 9.13 Å². The summed E-state index contributed by atoms with van der Waals surface area (Å²) in [4.78, 5) is 23.9. The molecular formula is C21H16ClIN2O6S. The number of sulfonamides is 1. The molecule has 1 amide bonds. The molecule has 0 aromatic heterocycles. The van der Waals surface area contributed by atoms with Crippen LogP contribution in [0.4, 0.5) is 11.4 Å². The van der Waals surface area contributed by atoms with Gasteiger partial charge >= 0.3 is 5.97 Å².